The number of carbonyl (C=O) groups is 1. The van der Waals surface area contributed by atoms with Gasteiger partial charge in [0.1, 0.15) is 0 Å². The summed E-state index contributed by atoms with van der Waals surface area (Å²) in [6.45, 7) is 4.08. The first-order valence-corrected chi connectivity index (χ1v) is 9.54. The van der Waals surface area contributed by atoms with E-state index in [2.05, 4.69) is 10.3 Å². The quantitative estimate of drug-likeness (QED) is 0.568. The number of hydrogen-bond donors (Lipinski definition) is 3. The van der Waals surface area contributed by atoms with E-state index in [0.717, 1.165) is 12.1 Å². The normalized spacial score (nSPS) is 13.9. The molecule has 0 aliphatic heterocycles. The van der Waals surface area contributed by atoms with Gasteiger partial charge >= 0.3 is 11.9 Å². The second kappa shape index (κ2) is 8.35. The Morgan fingerprint density at radius 2 is 1.83 bits per heavy atom. The molecule has 30 heavy (non-hydrogen) atoms. The average molecular weight is 421 g/mol. The van der Waals surface area contributed by atoms with Crippen molar-refractivity contribution in [2.75, 3.05) is 0 Å². The van der Waals surface area contributed by atoms with Crippen molar-refractivity contribution in [1.29, 1.82) is 0 Å². The number of aromatic nitrogens is 2. The molecule has 1 aromatic heterocycles. The predicted molar refractivity (Wildman–Crippen MR) is 106 cm³/mol. The van der Waals surface area contributed by atoms with Gasteiger partial charge in [-0.1, -0.05) is 19.1 Å². The molecule has 2 unspecified atom stereocenters. The van der Waals surface area contributed by atoms with Gasteiger partial charge in [0.15, 0.2) is 0 Å². The molecule has 2 aromatic carbocycles. The number of nitrogens with zero attached hydrogens (tertiary/aromatic N) is 1. The largest absolute Gasteiger partial charge is 0.416 e. The fourth-order valence-electron chi connectivity index (χ4n) is 3.38. The fourth-order valence-corrected chi connectivity index (χ4v) is 3.38. The van der Waals surface area contributed by atoms with Gasteiger partial charge in [-0.2, -0.15) is 13.2 Å². The summed E-state index contributed by atoms with van der Waals surface area (Å²) >= 11 is 0. The van der Waals surface area contributed by atoms with Crippen LogP contribution in [0.2, 0.25) is 0 Å². The molecule has 0 aliphatic carbocycles. The summed E-state index contributed by atoms with van der Waals surface area (Å²) in [7, 11) is 0. The van der Waals surface area contributed by atoms with Crippen LogP contribution in [0.25, 0.3) is 11.0 Å². The summed E-state index contributed by atoms with van der Waals surface area (Å²) in [5.74, 6) is -0.459. The fraction of sp³-hybridized carbons (Fsp3) is 0.333. The van der Waals surface area contributed by atoms with Crippen molar-refractivity contribution >= 4 is 16.9 Å². The molecule has 0 saturated heterocycles. The Balaban J connectivity index is 1.78. The zero-order chi connectivity index (χ0) is 22.1. The molecule has 6 nitrogen and oxygen atoms in total. The van der Waals surface area contributed by atoms with Gasteiger partial charge in [0.25, 0.3) is 5.91 Å². The van der Waals surface area contributed by atoms with Gasteiger partial charge in [-0.15, -0.1) is 0 Å². The Kier molecular flexibility index (Phi) is 6.02. The Labute approximate surface area is 170 Å². The van der Waals surface area contributed by atoms with Crippen molar-refractivity contribution in [3.05, 3.63) is 69.6 Å². The third-order valence-corrected chi connectivity index (χ3v) is 5.07. The van der Waals surface area contributed by atoms with E-state index in [1.807, 2.05) is 6.92 Å². The molecule has 1 amide bonds. The van der Waals surface area contributed by atoms with Crippen LogP contribution < -0.4 is 11.0 Å². The monoisotopic (exact) mass is 421 g/mol. The maximum Gasteiger partial charge on any atom is 0.416 e. The molecule has 0 aliphatic rings. The molecule has 3 rings (SSSR count). The van der Waals surface area contributed by atoms with Gasteiger partial charge in [-0.3, -0.25) is 9.36 Å². The number of alkyl halides is 3. The third-order valence-electron chi connectivity index (χ3n) is 5.07. The number of hydrogen-bond acceptors (Lipinski definition) is 3. The van der Waals surface area contributed by atoms with E-state index in [0.29, 0.717) is 29.6 Å². The molecule has 160 valence electrons. The number of H-pyrrole nitrogens is 1. The van der Waals surface area contributed by atoms with Crippen LogP contribution in [0.1, 0.15) is 47.9 Å². The zero-order valence-electron chi connectivity index (χ0n) is 16.5. The maximum atomic E-state index is 12.7. The molecule has 0 spiro atoms. The molecule has 0 radical (unpaired) electrons. The number of aryl methyl sites for hydroxylation is 1. The first kappa shape index (κ1) is 21.6. The van der Waals surface area contributed by atoms with E-state index in [-0.39, 0.29) is 11.3 Å². The maximum absolute atomic E-state index is 12.7. The smallest absolute Gasteiger partial charge is 0.386 e. The van der Waals surface area contributed by atoms with E-state index in [1.165, 1.54) is 12.1 Å². The topological polar surface area (TPSA) is 87.1 Å². The second-order valence-electron chi connectivity index (χ2n) is 6.96. The molecule has 9 heteroatoms. The lowest BCUT2D eigenvalue weighted by atomic mass is 9.98. The second-order valence-corrected chi connectivity index (χ2v) is 6.96. The van der Waals surface area contributed by atoms with Crippen molar-refractivity contribution in [2.24, 2.45) is 0 Å². The van der Waals surface area contributed by atoms with E-state index in [9.17, 15) is 27.9 Å². The lowest BCUT2D eigenvalue weighted by molar-refractivity contribution is -0.137. The lowest BCUT2D eigenvalue weighted by Gasteiger charge is -2.23. The molecule has 3 aromatic rings. The Bertz CT molecular complexity index is 1100. The van der Waals surface area contributed by atoms with E-state index in [1.54, 1.807) is 29.7 Å². The SMILES string of the molecule is CCC(NC(=O)c1ccc2c(c1)[nH]c(=O)n2CC)C(O)c1ccc(C(F)(F)F)cc1. The molecular weight excluding hydrogens is 399 g/mol. The molecular formula is C21H22F3N3O3. The standard InChI is InChI=1S/C21H22F3N3O3/c1-3-15(18(28)12-5-8-14(9-6-12)21(22,23)24)25-19(29)13-7-10-17-16(11-13)26-20(30)27(17)4-2/h5-11,15,18,28H,3-4H2,1-2H3,(H,25,29)(H,26,30). The number of imidazole rings is 1. The van der Waals surface area contributed by atoms with Crippen LogP contribution in [0.4, 0.5) is 13.2 Å². The summed E-state index contributed by atoms with van der Waals surface area (Å²) in [6.07, 6.45) is -5.27. The van der Waals surface area contributed by atoms with Crippen molar-refractivity contribution in [3.8, 4) is 0 Å². The Hall–Kier alpha value is -3.07. The van der Waals surface area contributed by atoms with Gasteiger partial charge in [0, 0.05) is 12.1 Å². The molecule has 1 heterocycles. The number of aliphatic hydroxyl groups excluding tert-OH is 1. The predicted octanol–water partition coefficient (Wildman–Crippen LogP) is 3.61. The summed E-state index contributed by atoms with van der Waals surface area (Å²) in [5, 5.41) is 13.3. The number of rotatable bonds is 6. The zero-order valence-corrected chi connectivity index (χ0v) is 16.5. The van der Waals surface area contributed by atoms with Crippen molar-refractivity contribution in [2.45, 2.75) is 45.1 Å². The highest BCUT2D eigenvalue weighted by atomic mass is 19.4. The highest BCUT2D eigenvalue weighted by Crippen LogP contribution is 2.30. The van der Waals surface area contributed by atoms with Crippen LogP contribution >= 0.6 is 0 Å². The van der Waals surface area contributed by atoms with Gasteiger partial charge < -0.3 is 15.4 Å². The number of aliphatic hydroxyl groups is 1. The number of amides is 1. The van der Waals surface area contributed by atoms with Crippen LogP contribution in [-0.4, -0.2) is 26.6 Å². The summed E-state index contributed by atoms with van der Waals surface area (Å²) < 4.78 is 39.7. The Morgan fingerprint density at radius 1 is 1.17 bits per heavy atom. The number of nitrogens with one attached hydrogen (secondary N) is 2. The summed E-state index contributed by atoms with van der Waals surface area (Å²) in [5.41, 5.74) is 0.688. The van der Waals surface area contributed by atoms with Gasteiger partial charge in [-0.05, 0) is 49.2 Å². The summed E-state index contributed by atoms with van der Waals surface area (Å²) in [4.78, 5) is 27.3. The first-order chi connectivity index (χ1) is 14.2. The minimum atomic E-state index is -4.46. The van der Waals surface area contributed by atoms with Crippen LogP contribution in [0.15, 0.2) is 47.3 Å². The van der Waals surface area contributed by atoms with Crippen molar-refractivity contribution in [1.82, 2.24) is 14.9 Å². The highest BCUT2D eigenvalue weighted by Gasteiger charge is 2.31. The number of fused-ring (bicyclic) bond motifs is 1. The van der Waals surface area contributed by atoms with Crippen LogP contribution in [0.5, 0.6) is 0 Å². The van der Waals surface area contributed by atoms with Gasteiger partial charge in [-0.25, -0.2) is 4.79 Å². The average Bonchev–Trinajstić information content (AvgIpc) is 3.04. The van der Waals surface area contributed by atoms with E-state index >= 15 is 0 Å². The number of aromatic amines is 1. The van der Waals surface area contributed by atoms with Crippen LogP contribution in [0.3, 0.4) is 0 Å². The molecule has 3 N–H and O–H groups in total. The summed E-state index contributed by atoms with van der Waals surface area (Å²) in [6, 6.07) is 8.29. The molecule has 0 saturated carbocycles. The third kappa shape index (κ3) is 4.25. The van der Waals surface area contributed by atoms with E-state index in [4.69, 9.17) is 0 Å². The lowest BCUT2D eigenvalue weighted by Crippen LogP contribution is -2.38. The first-order valence-electron chi connectivity index (χ1n) is 9.54. The minimum Gasteiger partial charge on any atom is -0.386 e. The Morgan fingerprint density at radius 3 is 2.40 bits per heavy atom. The molecule has 0 bridgehead atoms. The highest BCUT2D eigenvalue weighted by molar-refractivity contribution is 5.97. The van der Waals surface area contributed by atoms with Crippen LogP contribution in [-0.2, 0) is 12.7 Å². The van der Waals surface area contributed by atoms with Crippen molar-refractivity contribution < 1.29 is 23.1 Å². The van der Waals surface area contributed by atoms with Gasteiger partial charge in [0.2, 0.25) is 0 Å². The van der Waals surface area contributed by atoms with Gasteiger partial charge in [0.05, 0.1) is 28.7 Å². The molecule has 2 atom stereocenters. The van der Waals surface area contributed by atoms with E-state index < -0.39 is 29.8 Å². The van der Waals surface area contributed by atoms with Crippen LogP contribution in [0, 0.1) is 0 Å². The number of benzene rings is 2. The number of carbonyl (C=O) groups excluding carboxylic acids is 1. The molecule has 0 fully saturated rings. The number of halogens is 3. The van der Waals surface area contributed by atoms with Crippen molar-refractivity contribution in [3.63, 3.8) is 0 Å². The minimum absolute atomic E-state index is 0.269.